The van der Waals surface area contributed by atoms with Crippen LogP contribution in [0.25, 0.3) is 0 Å². The summed E-state index contributed by atoms with van der Waals surface area (Å²) < 4.78 is 5.27. The van der Waals surface area contributed by atoms with Crippen molar-refractivity contribution in [3.63, 3.8) is 0 Å². The Balaban J connectivity index is 2.34. The SMILES string of the molecule is CCC(C)(OC)C(=O)Nc1sc2c(c1C(=O)O)CCCC2. The molecule has 1 amide bonds. The van der Waals surface area contributed by atoms with Crippen molar-refractivity contribution >= 4 is 28.2 Å². The summed E-state index contributed by atoms with van der Waals surface area (Å²) in [5, 5.41) is 12.7. The van der Waals surface area contributed by atoms with Crippen LogP contribution in [0, 0.1) is 0 Å². The van der Waals surface area contributed by atoms with Gasteiger partial charge in [-0.1, -0.05) is 6.92 Å². The van der Waals surface area contributed by atoms with Crippen molar-refractivity contribution in [2.24, 2.45) is 0 Å². The number of rotatable bonds is 5. The van der Waals surface area contributed by atoms with Crippen LogP contribution in [0.5, 0.6) is 0 Å². The van der Waals surface area contributed by atoms with Crippen molar-refractivity contribution in [3.05, 3.63) is 16.0 Å². The second kappa shape index (κ2) is 6.15. The van der Waals surface area contributed by atoms with Crippen LogP contribution >= 0.6 is 11.3 Å². The molecule has 1 aromatic rings. The van der Waals surface area contributed by atoms with E-state index < -0.39 is 11.6 Å². The lowest BCUT2D eigenvalue weighted by atomic mass is 9.95. The highest BCUT2D eigenvalue weighted by molar-refractivity contribution is 7.17. The van der Waals surface area contributed by atoms with Crippen LogP contribution < -0.4 is 5.32 Å². The maximum absolute atomic E-state index is 12.4. The van der Waals surface area contributed by atoms with E-state index in [1.54, 1.807) is 6.92 Å². The molecule has 1 aromatic heterocycles. The highest BCUT2D eigenvalue weighted by Gasteiger charge is 2.33. The predicted molar refractivity (Wildman–Crippen MR) is 82.3 cm³/mol. The molecule has 1 aliphatic rings. The van der Waals surface area contributed by atoms with Gasteiger partial charge in [0.25, 0.3) is 5.91 Å². The molecule has 1 atom stereocenters. The van der Waals surface area contributed by atoms with Gasteiger partial charge in [0.1, 0.15) is 10.6 Å². The Kier molecular flexibility index (Phi) is 4.68. The quantitative estimate of drug-likeness (QED) is 0.876. The first-order chi connectivity index (χ1) is 9.92. The largest absolute Gasteiger partial charge is 0.478 e. The van der Waals surface area contributed by atoms with Gasteiger partial charge in [0, 0.05) is 12.0 Å². The number of anilines is 1. The van der Waals surface area contributed by atoms with E-state index in [2.05, 4.69) is 5.32 Å². The zero-order valence-electron chi connectivity index (χ0n) is 12.6. The number of fused-ring (bicyclic) bond motifs is 1. The summed E-state index contributed by atoms with van der Waals surface area (Å²) in [5.74, 6) is -1.27. The molecular formula is C15H21NO4S. The number of methoxy groups -OCH3 is 1. The van der Waals surface area contributed by atoms with Crippen LogP contribution in [0.15, 0.2) is 0 Å². The van der Waals surface area contributed by atoms with Gasteiger partial charge in [-0.2, -0.15) is 0 Å². The fourth-order valence-electron chi connectivity index (χ4n) is 2.51. The zero-order chi connectivity index (χ0) is 15.6. The van der Waals surface area contributed by atoms with Crippen molar-refractivity contribution in [3.8, 4) is 0 Å². The van der Waals surface area contributed by atoms with E-state index in [1.807, 2.05) is 6.92 Å². The van der Waals surface area contributed by atoms with Crippen molar-refractivity contribution in [2.45, 2.75) is 51.6 Å². The lowest BCUT2D eigenvalue weighted by molar-refractivity contribution is -0.136. The summed E-state index contributed by atoms with van der Waals surface area (Å²) in [6.07, 6.45) is 4.26. The molecule has 1 heterocycles. The second-order valence-electron chi connectivity index (χ2n) is 5.46. The molecule has 21 heavy (non-hydrogen) atoms. The highest BCUT2D eigenvalue weighted by atomic mass is 32.1. The molecule has 116 valence electrons. The predicted octanol–water partition coefficient (Wildman–Crippen LogP) is 3.08. The summed E-state index contributed by atoms with van der Waals surface area (Å²) in [6, 6.07) is 0. The molecule has 0 bridgehead atoms. The van der Waals surface area contributed by atoms with Crippen molar-refractivity contribution in [1.82, 2.24) is 0 Å². The van der Waals surface area contributed by atoms with Gasteiger partial charge in [-0.15, -0.1) is 11.3 Å². The molecule has 5 nitrogen and oxygen atoms in total. The minimum absolute atomic E-state index is 0.262. The van der Waals surface area contributed by atoms with E-state index in [0.717, 1.165) is 36.1 Å². The normalized spacial score (nSPS) is 16.9. The first kappa shape index (κ1) is 16.0. The van der Waals surface area contributed by atoms with Crippen LogP contribution in [0.1, 0.15) is 53.9 Å². The lowest BCUT2D eigenvalue weighted by Gasteiger charge is -2.24. The summed E-state index contributed by atoms with van der Waals surface area (Å²) in [6.45, 7) is 3.57. The van der Waals surface area contributed by atoms with Gasteiger partial charge in [-0.3, -0.25) is 4.79 Å². The van der Waals surface area contributed by atoms with Crippen LogP contribution in [0.2, 0.25) is 0 Å². The average molecular weight is 311 g/mol. The number of carboxylic acids is 1. The molecule has 1 aliphatic carbocycles. The van der Waals surface area contributed by atoms with E-state index in [1.165, 1.54) is 18.4 Å². The Morgan fingerprint density at radius 1 is 1.38 bits per heavy atom. The molecule has 0 aromatic carbocycles. The fraction of sp³-hybridized carbons (Fsp3) is 0.600. The Morgan fingerprint density at radius 3 is 2.62 bits per heavy atom. The number of hydrogen-bond donors (Lipinski definition) is 2. The summed E-state index contributed by atoms with van der Waals surface area (Å²) in [7, 11) is 1.49. The molecular weight excluding hydrogens is 290 g/mol. The topological polar surface area (TPSA) is 75.6 Å². The Bertz CT molecular complexity index is 560. The number of carboxylic acid groups (broad SMARTS) is 1. The number of aromatic carboxylic acids is 1. The average Bonchev–Trinajstić information content (AvgIpc) is 2.84. The van der Waals surface area contributed by atoms with E-state index in [0.29, 0.717) is 11.4 Å². The Morgan fingerprint density at radius 2 is 2.05 bits per heavy atom. The molecule has 0 radical (unpaired) electrons. The Hall–Kier alpha value is -1.40. The number of aryl methyl sites for hydroxylation is 1. The number of thiophene rings is 1. The van der Waals surface area contributed by atoms with Crippen LogP contribution in [-0.2, 0) is 22.4 Å². The molecule has 1 unspecified atom stereocenters. The maximum Gasteiger partial charge on any atom is 0.339 e. The highest BCUT2D eigenvalue weighted by Crippen LogP contribution is 2.38. The third-order valence-electron chi connectivity index (χ3n) is 4.22. The molecule has 0 aliphatic heterocycles. The maximum atomic E-state index is 12.4. The van der Waals surface area contributed by atoms with E-state index in [4.69, 9.17) is 4.74 Å². The van der Waals surface area contributed by atoms with Gasteiger partial charge in [-0.05, 0) is 44.6 Å². The summed E-state index contributed by atoms with van der Waals surface area (Å²) in [4.78, 5) is 25.0. The standard InChI is InChI=1S/C15H21NO4S/c1-4-15(2,20-3)14(19)16-12-11(13(17)18)9-7-5-6-8-10(9)21-12/h4-8H2,1-3H3,(H,16,19)(H,17,18). The number of hydrogen-bond acceptors (Lipinski definition) is 4. The van der Waals surface area contributed by atoms with Gasteiger partial charge < -0.3 is 15.2 Å². The number of carbonyl (C=O) groups is 2. The van der Waals surface area contributed by atoms with Crippen molar-refractivity contribution in [2.75, 3.05) is 12.4 Å². The molecule has 0 saturated carbocycles. The zero-order valence-corrected chi connectivity index (χ0v) is 13.4. The van der Waals surface area contributed by atoms with Crippen LogP contribution in [0.4, 0.5) is 5.00 Å². The summed E-state index contributed by atoms with van der Waals surface area (Å²) >= 11 is 1.39. The Labute approximate surface area is 128 Å². The number of nitrogens with one attached hydrogen (secondary N) is 1. The van der Waals surface area contributed by atoms with Gasteiger partial charge in [0.05, 0.1) is 5.56 Å². The smallest absolute Gasteiger partial charge is 0.339 e. The number of amides is 1. The minimum atomic E-state index is -0.972. The number of ether oxygens (including phenoxy) is 1. The molecule has 2 N–H and O–H groups in total. The van der Waals surface area contributed by atoms with E-state index in [9.17, 15) is 14.7 Å². The third-order valence-corrected chi connectivity index (χ3v) is 5.42. The van der Waals surface area contributed by atoms with Crippen molar-refractivity contribution < 1.29 is 19.4 Å². The van der Waals surface area contributed by atoms with Gasteiger partial charge in [0.2, 0.25) is 0 Å². The molecule has 0 fully saturated rings. The number of carbonyl (C=O) groups excluding carboxylic acids is 1. The van der Waals surface area contributed by atoms with Gasteiger partial charge >= 0.3 is 5.97 Å². The fourth-order valence-corrected chi connectivity index (χ4v) is 3.79. The van der Waals surface area contributed by atoms with E-state index >= 15 is 0 Å². The molecule has 2 rings (SSSR count). The molecule has 0 saturated heterocycles. The monoisotopic (exact) mass is 311 g/mol. The van der Waals surface area contributed by atoms with Crippen LogP contribution in [0.3, 0.4) is 0 Å². The van der Waals surface area contributed by atoms with Crippen molar-refractivity contribution in [1.29, 1.82) is 0 Å². The van der Waals surface area contributed by atoms with Gasteiger partial charge in [-0.25, -0.2) is 4.79 Å². The molecule has 0 spiro atoms. The lowest BCUT2D eigenvalue weighted by Crippen LogP contribution is -2.41. The molecule has 6 heteroatoms. The first-order valence-electron chi connectivity index (χ1n) is 7.17. The third kappa shape index (κ3) is 2.96. The van der Waals surface area contributed by atoms with E-state index in [-0.39, 0.29) is 11.5 Å². The summed E-state index contributed by atoms with van der Waals surface area (Å²) in [5.41, 5.74) is 0.211. The van der Waals surface area contributed by atoms with Gasteiger partial charge in [0.15, 0.2) is 0 Å². The van der Waals surface area contributed by atoms with Crippen LogP contribution in [-0.4, -0.2) is 29.7 Å². The first-order valence-corrected chi connectivity index (χ1v) is 7.99. The minimum Gasteiger partial charge on any atom is -0.478 e. The second-order valence-corrected chi connectivity index (χ2v) is 6.57.